The predicted octanol–water partition coefficient (Wildman–Crippen LogP) is 4.46. The van der Waals surface area contributed by atoms with Gasteiger partial charge in [-0.3, -0.25) is 4.72 Å². The number of benzene rings is 3. The molecule has 0 bridgehead atoms. The summed E-state index contributed by atoms with van der Waals surface area (Å²) in [6.45, 7) is 1.87. The average molecular weight is 323 g/mol. The maximum atomic E-state index is 12.6. The predicted molar refractivity (Wildman–Crippen MR) is 93.9 cm³/mol. The highest BCUT2D eigenvalue weighted by Gasteiger charge is 2.16. The second-order valence-electron chi connectivity index (χ2n) is 5.33. The standard InChI is InChI=1S/C19H17NO2S/c1-15-8-7-11-17(14-15)23(21,22)20-19-13-6-5-12-18(19)16-9-3-2-4-10-16/h2-14,20H,1H3. The molecule has 23 heavy (non-hydrogen) atoms. The van der Waals surface area contributed by atoms with Crippen LogP contribution in [0.15, 0.2) is 83.8 Å². The molecule has 0 spiro atoms. The third kappa shape index (κ3) is 3.43. The lowest BCUT2D eigenvalue weighted by atomic mass is 10.0. The summed E-state index contributed by atoms with van der Waals surface area (Å²) < 4.78 is 28.0. The fraction of sp³-hybridized carbons (Fsp3) is 0.0526. The first-order valence-corrected chi connectivity index (χ1v) is 8.78. The Morgan fingerprint density at radius 2 is 1.48 bits per heavy atom. The zero-order chi connectivity index (χ0) is 16.3. The van der Waals surface area contributed by atoms with Crippen molar-refractivity contribution in [1.29, 1.82) is 0 Å². The van der Waals surface area contributed by atoms with Gasteiger partial charge in [-0.25, -0.2) is 8.42 Å². The molecular weight excluding hydrogens is 306 g/mol. The Labute approximate surface area is 136 Å². The number of sulfonamides is 1. The minimum absolute atomic E-state index is 0.264. The Balaban J connectivity index is 2.01. The van der Waals surface area contributed by atoms with Crippen molar-refractivity contribution in [3.05, 3.63) is 84.4 Å². The van der Waals surface area contributed by atoms with Crippen LogP contribution in [0, 0.1) is 6.92 Å². The molecular formula is C19H17NO2S. The Morgan fingerprint density at radius 1 is 0.783 bits per heavy atom. The lowest BCUT2D eigenvalue weighted by Gasteiger charge is -2.13. The molecule has 116 valence electrons. The molecule has 0 saturated heterocycles. The van der Waals surface area contributed by atoms with E-state index in [9.17, 15) is 8.42 Å². The molecule has 0 heterocycles. The Morgan fingerprint density at radius 3 is 2.22 bits per heavy atom. The molecule has 0 fully saturated rings. The van der Waals surface area contributed by atoms with Crippen molar-refractivity contribution in [2.75, 3.05) is 4.72 Å². The maximum Gasteiger partial charge on any atom is 0.261 e. The molecule has 0 aliphatic rings. The van der Waals surface area contributed by atoms with E-state index in [4.69, 9.17) is 0 Å². The summed E-state index contributed by atoms with van der Waals surface area (Å²) in [6.07, 6.45) is 0. The van der Waals surface area contributed by atoms with Crippen molar-refractivity contribution in [1.82, 2.24) is 0 Å². The van der Waals surface area contributed by atoms with E-state index in [-0.39, 0.29) is 4.90 Å². The molecule has 0 radical (unpaired) electrons. The largest absolute Gasteiger partial charge is 0.279 e. The van der Waals surface area contributed by atoms with E-state index in [1.165, 1.54) is 0 Å². The van der Waals surface area contributed by atoms with Gasteiger partial charge in [-0.1, -0.05) is 60.7 Å². The van der Waals surface area contributed by atoms with Crippen LogP contribution in [0.5, 0.6) is 0 Å². The molecule has 3 nitrogen and oxygen atoms in total. The van der Waals surface area contributed by atoms with E-state index in [2.05, 4.69) is 4.72 Å². The fourth-order valence-corrected chi connectivity index (χ4v) is 3.61. The summed E-state index contributed by atoms with van der Waals surface area (Å²) in [5, 5.41) is 0. The highest BCUT2D eigenvalue weighted by molar-refractivity contribution is 7.92. The van der Waals surface area contributed by atoms with Crippen molar-refractivity contribution in [2.45, 2.75) is 11.8 Å². The van der Waals surface area contributed by atoms with Gasteiger partial charge in [0.2, 0.25) is 0 Å². The number of hydrogen-bond acceptors (Lipinski definition) is 2. The number of hydrogen-bond donors (Lipinski definition) is 1. The van der Waals surface area contributed by atoms with Gasteiger partial charge >= 0.3 is 0 Å². The van der Waals surface area contributed by atoms with E-state index in [0.29, 0.717) is 5.69 Å². The van der Waals surface area contributed by atoms with Gasteiger partial charge in [-0.15, -0.1) is 0 Å². The molecule has 0 unspecified atom stereocenters. The van der Waals surface area contributed by atoms with Crippen LogP contribution in [0.4, 0.5) is 5.69 Å². The Hall–Kier alpha value is -2.59. The third-order valence-corrected chi connectivity index (χ3v) is 4.92. The average Bonchev–Trinajstić information content (AvgIpc) is 2.56. The van der Waals surface area contributed by atoms with Crippen LogP contribution in [-0.4, -0.2) is 8.42 Å². The van der Waals surface area contributed by atoms with Crippen molar-refractivity contribution in [2.24, 2.45) is 0 Å². The van der Waals surface area contributed by atoms with Crippen LogP contribution in [0.1, 0.15) is 5.56 Å². The maximum absolute atomic E-state index is 12.6. The van der Waals surface area contributed by atoms with E-state index in [1.807, 2.05) is 61.5 Å². The zero-order valence-electron chi connectivity index (χ0n) is 12.7. The van der Waals surface area contributed by atoms with Crippen LogP contribution in [-0.2, 0) is 10.0 Å². The van der Waals surface area contributed by atoms with Crippen molar-refractivity contribution < 1.29 is 8.42 Å². The summed E-state index contributed by atoms with van der Waals surface area (Å²) in [4.78, 5) is 0.264. The highest BCUT2D eigenvalue weighted by Crippen LogP contribution is 2.29. The number of aryl methyl sites for hydroxylation is 1. The molecule has 3 rings (SSSR count). The molecule has 0 aliphatic carbocycles. The van der Waals surface area contributed by atoms with Crippen LogP contribution < -0.4 is 4.72 Å². The van der Waals surface area contributed by atoms with E-state index >= 15 is 0 Å². The van der Waals surface area contributed by atoms with Gasteiger partial charge in [0.25, 0.3) is 10.0 Å². The van der Waals surface area contributed by atoms with Gasteiger partial charge in [-0.05, 0) is 36.2 Å². The minimum atomic E-state index is -3.62. The van der Waals surface area contributed by atoms with Crippen molar-refractivity contribution in [3.63, 3.8) is 0 Å². The van der Waals surface area contributed by atoms with Crippen LogP contribution >= 0.6 is 0 Å². The van der Waals surface area contributed by atoms with E-state index < -0.39 is 10.0 Å². The van der Waals surface area contributed by atoms with Crippen LogP contribution in [0.25, 0.3) is 11.1 Å². The molecule has 0 saturated carbocycles. The molecule has 3 aromatic carbocycles. The lowest BCUT2D eigenvalue weighted by molar-refractivity contribution is 0.601. The lowest BCUT2D eigenvalue weighted by Crippen LogP contribution is -2.13. The summed E-state index contributed by atoms with van der Waals surface area (Å²) in [7, 11) is -3.62. The summed E-state index contributed by atoms with van der Waals surface area (Å²) in [5.74, 6) is 0. The normalized spacial score (nSPS) is 11.2. The topological polar surface area (TPSA) is 46.2 Å². The molecule has 0 aromatic heterocycles. The van der Waals surface area contributed by atoms with Crippen molar-refractivity contribution in [3.8, 4) is 11.1 Å². The van der Waals surface area contributed by atoms with Gasteiger partial charge in [-0.2, -0.15) is 0 Å². The van der Waals surface area contributed by atoms with Gasteiger partial charge in [0, 0.05) is 5.56 Å². The summed E-state index contributed by atoms with van der Waals surface area (Å²) in [5.41, 5.74) is 3.30. The number of anilines is 1. The molecule has 1 N–H and O–H groups in total. The smallest absolute Gasteiger partial charge is 0.261 e. The Bertz CT molecular complexity index is 919. The van der Waals surface area contributed by atoms with Crippen LogP contribution in [0.2, 0.25) is 0 Å². The second kappa shape index (κ2) is 6.26. The Kier molecular flexibility index (Phi) is 4.17. The number of para-hydroxylation sites is 1. The van der Waals surface area contributed by atoms with E-state index in [1.54, 1.807) is 24.3 Å². The minimum Gasteiger partial charge on any atom is -0.279 e. The van der Waals surface area contributed by atoms with Crippen LogP contribution in [0.3, 0.4) is 0 Å². The number of nitrogens with one attached hydrogen (secondary N) is 1. The monoisotopic (exact) mass is 323 g/mol. The zero-order valence-corrected chi connectivity index (χ0v) is 13.5. The molecule has 4 heteroatoms. The summed E-state index contributed by atoms with van der Waals surface area (Å²) >= 11 is 0. The quantitative estimate of drug-likeness (QED) is 0.770. The van der Waals surface area contributed by atoms with Gasteiger partial charge in [0.1, 0.15) is 0 Å². The molecule has 0 amide bonds. The van der Waals surface area contributed by atoms with Gasteiger partial charge < -0.3 is 0 Å². The molecule has 0 atom stereocenters. The summed E-state index contributed by atoms with van der Waals surface area (Å²) in [6, 6.07) is 24.0. The highest BCUT2D eigenvalue weighted by atomic mass is 32.2. The van der Waals surface area contributed by atoms with Gasteiger partial charge in [0.05, 0.1) is 10.6 Å². The first-order valence-electron chi connectivity index (χ1n) is 7.30. The SMILES string of the molecule is Cc1cccc(S(=O)(=O)Nc2ccccc2-c2ccccc2)c1. The third-order valence-electron chi connectivity index (χ3n) is 3.56. The second-order valence-corrected chi connectivity index (χ2v) is 7.02. The first kappa shape index (κ1) is 15.3. The van der Waals surface area contributed by atoms with Crippen molar-refractivity contribution >= 4 is 15.7 Å². The first-order chi connectivity index (χ1) is 11.1. The molecule has 3 aromatic rings. The number of rotatable bonds is 4. The van der Waals surface area contributed by atoms with E-state index in [0.717, 1.165) is 16.7 Å². The molecule has 0 aliphatic heterocycles. The fourth-order valence-electron chi connectivity index (χ4n) is 2.43. The van der Waals surface area contributed by atoms with Gasteiger partial charge in [0.15, 0.2) is 0 Å².